The number of nitrogens with one attached hydrogen (secondary N) is 1. The van der Waals surface area contributed by atoms with Crippen LogP contribution >= 0.6 is 15.9 Å². The van der Waals surface area contributed by atoms with E-state index < -0.39 is 0 Å². The summed E-state index contributed by atoms with van der Waals surface area (Å²) >= 11 is 3.40. The van der Waals surface area contributed by atoms with E-state index in [1.165, 1.54) is 0 Å². The van der Waals surface area contributed by atoms with Crippen LogP contribution in [0.2, 0.25) is 0 Å². The molecule has 1 N–H and O–H groups in total. The fourth-order valence-corrected chi connectivity index (χ4v) is 2.31. The van der Waals surface area contributed by atoms with Crippen molar-refractivity contribution in [2.75, 3.05) is 11.9 Å². The number of alkyl halides is 1. The first-order valence-corrected chi connectivity index (χ1v) is 6.96. The summed E-state index contributed by atoms with van der Waals surface area (Å²) in [6, 6.07) is 7.84. The Balaban J connectivity index is 1.88. The number of ether oxygens (including phenoxy) is 1. The van der Waals surface area contributed by atoms with Gasteiger partial charge in [0.2, 0.25) is 5.91 Å². The second-order valence-electron chi connectivity index (χ2n) is 4.22. The van der Waals surface area contributed by atoms with Gasteiger partial charge in [-0.25, -0.2) is 0 Å². The molecule has 1 saturated heterocycles. The maximum Gasteiger partial charge on any atom is 0.226 e. The van der Waals surface area contributed by atoms with Crippen molar-refractivity contribution >= 4 is 27.5 Å². The summed E-state index contributed by atoms with van der Waals surface area (Å²) < 4.78 is 5.44. The second kappa shape index (κ2) is 6.17. The summed E-state index contributed by atoms with van der Waals surface area (Å²) in [6.07, 6.45) is 2.62. The summed E-state index contributed by atoms with van der Waals surface area (Å²) in [5.74, 6) is 0.0311. The molecular weight excluding hydrogens is 282 g/mol. The Bertz CT molecular complexity index is 389. The van der Waals surface area contributed by atoms with Crippen LogP contribution in [0.3, 0.4) is 0 Å². The summed E-state index contributed by atoms with van der Waals surface area (Å²) in [5.41, 5.74) is 2.00. The molecule has 1 aliphatic heterocycles. The predicted molar refractivity (Wildman–Crippen MR) is 71.3 cm³/mol. The molecule has 0 radical (unpaired) electrons. The number of hydrogen-bond donors (Lipinski definition) is 1. The van der Waals surface area contributed by atoms with Crippen LogP contribution < -0.4 is 5.32 Å². The van der Waals surface area contributed by atoms with E-state index in [9.17, 15) is 4.79 Å². The fraction of sp³-hybridized carbons (Fsp3) is 0.462. The third-order valence-corrected chi connectivity index (χ3v) is 3.45. The van der Waals surface area contributed by atoms with Crippen molar-refractivity contribution in [3.8, 4) is 0 Å². The van der Waals surface area contributed by atoms with Crippen LogP contribution in [0.25, 0.3) is 0 Å². The molecule has 1 amide bonds. The van der Waals surface area contributed by atoms with Crippen molar-refractivity contribution in [3.05, 3.63) is 29.8 Å². The first-order chi connectivity index (χ1) is 8.28. The van der Waals surface area contributed by atoms with Gasteiger partial charge in [0.1, 0.15) is 0 Å². The third-order valence-electron chi connectivity index (χ3n) is 2.80. The number of carbonyl (C=O) groups excluding carboxylic acids is 1. The number of carbonyl (C=O) groups is 1. The number of halogens is 1. The van der Waals surface area contributed by atoms with E-state index in [1.54, 1.807) is 0 Å². The highest BCUT2D eigenvalue weighted by molar-refractivity contribution is 9.08. The maximum atomic E-state index is 11.8. The molecule has 1 unspecified atom stereocenters. The fourth-order valence-electron chi connectivity index (χ4n) is 1.96. The SMILES string of the molecule is O=C(CC1CCCO1)Nc1cccc(CBr)c1. The van der Waals surface area contributed by atoms with Gasteiger partial charge in [0.05, 0.1) is 12.5 Å². The molecule has 1 aliphatic rings. The summed E-state index contributed by atoms with van der Waals surface area (Å²) in [4.78, 5) is 11.8. The lowest BCUT2D eigenvalue weighted by Crippen LogP contribution is -2.19. The Morgan fingerprint density at radius 1 is 1.53 bits per heavy atom. The molecule has 17 heavy (non-hydrogen) atoms. The van der Waals surface area contributed by atoms with Crippen LogP contribution in [-0.4, -0.2) is 18.6 Å². The maximum absolute atomic E-state index is 11.8. The summed E-state index contributed by atoms with van der Waals surface area (Å²) in [7, 11) is 0. The minimum atomic E-state index is 0.0311. The van der Waals surface area contributed by atoms with Crippen molar-refractivity contribution in [2.45, 2.75) is 30.7 Å². The molecule has 3 nitrogen and oxygen atoms in total. The molecule has 0 spiro atoms. The van der Waals surface area contributed by atoms with Gasteiger partial charge >= 0.3 is 0 Å². The van der Waals surface area contributed by atoms with Crippen LogP contribution in [0.1, 0.15) is 24.8 Å². The van der Waals surface area contributed by atoms with Crippen molar-refractivity contribution in [2.24, 2.45) is 0 Å². The zero-order valence-electron chi connectivity index (χ0n) is 9.62. The molecule has 92 valence electrons. The van der Waals surface area contributed by atoms with Gasteiger partial charge in [-0.3, -0.25) is 4.79 Å². The average Bonchev–Trinajstić information content (AvgIpc) is 2.82. The number of amides is 1. The van der Waals surface area contributed by atoms with E-state index in [2.05, 4.69) is 21.2 Å². The van der Waals surface area contributed by atoms with E-state index in [1.807, 2.05) is 24.3 Å². The van der Waals surface area contributed by atoms with Crippen molar-refractivity contribution in [1.82, 2.24) is 0 Å². The smallest absolute Gasteiger partial charge is 0.226 e. The van der Waals surface area contributed by atoms with Crippen molar-refractivity contribution in [1.29, 1.82) is 0 Å². The van der Waals surface area contributed by atoms with Gasteiger partial charge in [0.25, 0.3) is 0 Å². The van der Waals surface area contributed by atoms with E-state index in [0.29, 0.717) is 6.42 Å². The Morgan fingerprint density at radius 2 is 2.41 bits per heavy atom. The largest absolute Gasteiger partial charge is 0.378 e. The number of anilines is 1. The van der Waals surface area contributed by atoms with E-state index >= 15 is 0 Å². The van der Waals surface area contributed by atoms with E-state index in [0.717, 1.165) is 36.0 Å². The summed E-state index contributed by atoms with van der Waals surface area (Å²) in [6.45, 7) is 0.789. The van der Waals surface area contributed by atoms with Gasteiger partial charge in [-0.1, -0.05) is 28.1 Å². The van der Waals surface area contributed by atoms with E-state index in [4.69, 9.17) is 4.74 Å². The molecule has 1 aromatic carbocycles. The van der Waals surface area contributed by atoms with Crippen LogP contribution in [0.15, 0.2) is 24.3 Å². The standard InChI is InChI=1S/C13H16BrNO2/c14-9-10-3-1-4-11(7-10)15-13(16)8-12-5-2-6-17-12/h1,3-4,7,12H,2,5-6,8-9H2,(H,15,16). The lowest BCUT2D eigenvalue weighted by atomic mass is 10.1. The molecule has 0 bridgehead atoms. The molecule has 0 aromatic heterocycles. The Kier molecular flexibility index (Phi) is 4.57. The molecule has 1 aromatic rings. The third kappa shape index (κ3) is 3.82. The lowest BCUT2D eigenvalue weighted by molar-refractivity contribution is -0.118. The predicted octanol–water partition coefficient (Wildman–Crippen LogP) is 3.09. The molecule has 1 fully saturated rings. The minimum Gasteiger partial charge on any atom is -0.378 e. The highest BCUT2D eigenvalue weighted by Gasteiger charge is 2.18. The lowest BCUT2D eigenvalue weighted by Gasteiger charge is -2.10. The Labute approximate surface area is 110 Å². The molecule has 4 heteroatoms. The first kappa shape index (κ1) is 12.6. The van der Waals surface area contributed by atoms with Gasteiger partial charge in [0, 0.05) is 17.6 Å². The second-order valence-corrected chi connectivity index (χ2v) is 4.78. The number of hydrogen-bond acceptors (Lipinski definition) is 2. The minimum absolute atomic E-state index is 0.0311. The van der Waals surface area contributed by atoms with Gasteiger partial charge in [-0.05, 0) is 30.5 Å². The zero-order chi connectivity index (χ0) is 12.1. The molecule has 1 heterocycles. The summed E-state index contributed by atoms with van der Waals surface area (Å²) in [5, 5.41) is 3.70. The molecular formula is C13H16BrNO2. The topological polar surface area (TPSA) is 38.3 Å². The zero-order valence-corrected chi connectivity index (χ0v) is 11.2. The van der Waals surface area contributed by atoms with Gasteiger partial charge in [-0.2, -0.15) is 0 Å². The Morgan fingerprint density at radius 3 is 3.12 bits per heavy atom. The molecule has 1 atom stereocenters. The molecule has 0 aliphatic carbocycles. The highest BCUT2D eigenvalue weighted by Crippen LogP contribution is 2.17. The van der Waals surface area contributed by atoms with Crippen LogP contribution in [0.4, 0.5) is 5.69 Å². The van der Waals surface area contributed by atoms with Crippen molar-refractivity contribution < 1.29 is 9.53 Å². The van der Waals surface area contributed by atoms with Gasteiger partial charge in [0.15, 0.2) is 0 Å². The monoisotopic (exact) mass is 297 g/mol. The van der Waals surface area contributed by atoms with Crippen molar-refractivity contribution in [3.63, 3.8) is 0 Å². The van der Waals surface area contributed by atoms with Crippen LogP contribution in [-0.2, 0) is 14.9 Å². The average molecular weight is 298 g/mol. The first-order valence-electron chi connectivity index (χ1n) is 5.84. The van der Waals surface area contributed by atoms with Crippen LogP contribution in [0, 0.1) is 0 Å². The molecule has 0 saturated carbocycles. The normalized spacial score (nSPS) is 19.2. The molecule has 2 rings (SSSR count). The highest BCUT2D eigenvalue weighted by atomic mass is 79.9. The van der Waals surface area contributed by atoms with Crippen LogP contribution in [0.5, 0.6) is 0 Å². The van der Waals surface area contributed by atoms with E-state index in [-0.39, 0.29) is 12.0 Å². The van der Waals surface area contributed by atoms with Gasteiger partial charge < -0.3 is 10.1 Å². The number of benzene rings is 1. The quantitative estimate of drug-likeness (QED) is 0.868. The number of rotatable bonds is 4. The van der Waals surface area contributed by atoms with Gasteiger partial charge in [-0.15, -0.1) is 0 Å². The Hall–Kier alpha value is -0.870.